The highest BCUT2D eigenvalue weighted by atomic mass is 19.4. The molecule has 13 heteroatoms. The molecule has 0 bridgehead atoms. The summed E-state index contributed by atoms with van der Waals surface area (Å²) in [6, 6.07) is 5.89. The van der Waals surface area contributed by atoms with Gasteiger partial charge in [0.1, 0.15) is 12.2 Å². The van der Waals surface area contributed by atoms with Crippen molar-refractivity contribution in [3.8, 4) is 0 Å². The van der Waals surface area contributed by atoms with Crippen LogP contribution in [-0.4, -0.2) is 60.2 Å². The maximum absolute atomic E-state index is 12.6. The van der Waals surface area contributed by atoms with Crippen LogP contribution in [0.4, 0.5) is 13.2 Å². The Kier molecular flexibility index (Phi) is 7.56. The first-order valence-corrected chi connectivity index (χ1v) is 10.7. The number of pyridine rings is 1. The number of likely N-dealkylation sites (tertiary alicyclic amines) is 1. The summed E-state index contributed by atoms with van der Waals surface area (Å²) in [4.78, 5) is 40.6. The van der Waals surface area contributed by atoms with Gasteiger partial charge in [0, 0.05) is 32.4 Å². The maximum atomic E-state index is 12.6. The molecule has 1 unspecified atom stereocenters. The highest BCUT2D eigenvalue weighted by molar-refractivity contribution is 5.73. The highest BCUT2D eigenvalue weighted by Crippen LogP contribution is 2.31. The Morgan fingerprint density at radius 2 is 1.94 bits per heavy atom. The van der Waals surface area contributed by atoms with Crippen LogP contribution in [0.15, 0.2) is 34.0 Å². The monoisotopic (exact) mass is 485 g/mol. The zero-order valence-corrected chi connectivity index (χ0v) is 18.8. The summed E-state index contributed by atoms with van der Waals surface area (Å²) < 4.78 is 40.7. The van der Waals surface area contributed by atoms with Gasteiger partial charge in [-0.2, -0.15) is 18.3 Å². The minimum atomic E-state index is -5.08. The largest absolute Gasteiger partial charge is 0.490 e. The van der Waals surface area contributed by atoms with Crippen molar-refractivity contribution < 1.29 is 27.8 Å². The van der Waals surface area contributed by atoms with Crippen molar-refractivity contribution in [1.29, 1.82) is 0 Å². The third-order valence-corrected chi connectivity index (χ3v) is 5.45. The Bertz CT molecular complexity index is 1130. The fourth-order valence-electron chi connectivity index (χ4n) is 3.90. The predicted molar refractivity (Wildman–Crippen MR) is 113 cm³/mol. The van der Waals surface area contributed by atoms with Crippen LogP contribution in [0.2, 0.25) is 0 Å². The SMILES string of the molecule is CC(C)Cn1nc2n(c(=O)c1=O)CC1(CCN(Cc3ccccn3)C1)OC2.O=C(O)C(F)(F)F. The standard InChI is InChI=1S/C19H25N5O3.C2HF3O2/c1-14(2)9-24-18(26)17(25)23-13-19(27-11-16(23)21-24)6-8-22(12-19)10-15-5-3-4-7-20-15;3-2(4,5)1(6)7/h3-5,7,14H,6,8-13H2,1-2H3;(H,6,7). The molecule has 1 spiro atoms. The fraction of sp³-hybridized carbons (Fsp3) is 0.571. The average Bonchev–Trinajstić information content (AvgIpc) is 3.14. The van der Waals surface area contributed by atoms with Gasteiger partial charge in [0.05, 0.1) is 12.2 Å². The number of carboxylic acids is 1. The smallest absolute Gasteiger partial charge is 0.475 e. The number of aliphatic carboxylic acids is 1. The summed E-state index contributed by atoms with van der Waals surface area (Å²) in [6.45, 7) is 7.39. The van der Waals surface area contributed by atoms with Crippen LogP contribution in [0.5, 0.6) is 0 Å². The van der Waals surface area contributed by atoms with Gasteiger partial charge in [0.15, 0.2) is 5.82 Å². The summed E-state index contributed by atoms with van der Waals surface area (Å²) in [5, 5.41) is 11.5. The highest BCUT2D eigenvalue weighted by Gasteiger charge is 2.43. The van der Waals surface area contributed by atoms with Crippen LogP contribution in [-0.2, 0) is 35.8 Å². The first kappa shape index (κ1) is 25.6. The Hall–Kier alpha value is -3.06. The molecule has 1 N–H and O–H groups in total. The van der Waals surface area contributed by atoms with E-state index in [2.05, 4.69) is 15.0 Å². The number of nitrogens with zero attached hydrogens (tertiary/aromatic N) is 5. The van der Waals surface area contributed by atoms with E-state index in [-0.39, 0.29) is 12.5 Å². The third-order valence-electron chi connectivity index (χ3n) is 5.45. The molecule has 10 nitrogen and oxygen atoms in total. The number of aromatic nitrogens is 4. The Morgan fingerprint density at radius 1 is 1.24 bits per heavy atom. The number of carbonyl (C=O) groups is 1. The summed E-state index contributed by atoms with van der Waals surface area (Å²) in [5.41, 5.74) is -0.468. The summed E-state index contributed by atoms with van der Waals surface area (Å²) in [6.07, 6.45) is -2.47. The number of hydrogen-bond donors (Lipinski definition) is 1. The molecule has 1 fully saturated rings. The third kappa shape index (κ3) is 6.08. The minimum absolute atomic E-state index is 0.239. The molecule has 0 aliphatic carbocycles. The molecule has 2 aromatic rings. The number of halogens is 3. The molecule has 1 atom stereocenters. The van der Waals surface area contributed by atoms with Crippen molar-refractivity contribution in [1.82, 2.24) is 24.2 Å². The molecule has 4 heterocycles. The van der Waals surface area contributed by atoms with Crippen LogP contribution in [0, 0.1) is 5.92 Å². The topological polar surface area (TPSA) is 120 Å². The van der Waals surface area contributed by atoms with Gasteiger partial charge in [-0.25, -0.2) is 9.48 Å². The van der Waals surface area contributed by atoms with Crippen molar-refractivity contribution in [2.24, 2.45) is 5.92 Å². The molecule has 0 aromatic carbocycles. The van der Waals surface area contributed by atoms with Gasteiger partial charge in [-0.1, -0.05) is 19.9 Å². The molecular formula is C21H26F3N5O5. The van der Waals surface area contributed by atoms with E-state index in [1.807, 2.05) is 32.0 Å². The lowest BCUT2D eigenvalue weighted by molar-refractivity contribution is -0.192. The minimum Gasteiger partial charge on any atom is -0.475 e. The van der Waals surface area contributed by atoms with Gasteiger partial charge in [0.2, 0.25) is 0 Å². The second-order valence-corrected chi connectivity index (χ2v) is 8.74. The van der Waals surface area contributed by atoms with Gasteiger partial charge < -0.3 is 9.84 Å². The average molecular weight is 485 g/mol. The Labute approximate surface area is 192 Å². The molecule has 2 aromatic heterocycles. The second kappa shape index (κ2) is 10.1. The van der Waals surface area contributed by atoms with E-state index < -0.39 is 28.9 Å². The molecular weight excluding hydrogens is 459 g/mol. The predicted octanol–water partition coefficient (Wildman–Crippen LogP) is 1.26. The molecule has 2 aliphatic rings. The molecule has 0 amide bonds. The van der Waals surface area contributed by atoms with Gasteiger partial charge >= 0.3 is 23.3 Å². The number of hydrogen-bond acceptors (Lipinski definition) is 7. The molecule has 0 radical (unpaired) electrons. The summed E-state index contributed by atoms with van der Waals surface area (Å²) in [7, 11) is 0. The van der Waals surface area contributed by atoms with Gasteiger partial charge in [-0.3, -0.25) is 24.0 Å². The number of rotatable bonds is 4. The van der Waals surface area contributed by atoms with Crippen LogP contribution in [0.1, 0.15) is 31.8 Å². The first-order valence-electron chi connectivity index (χ1n) is 10.7. The maximum Gasteiger partial charge on any atom is 0.490 e. The quantitative estimate of drug-likeness (QED) is 0.643. The van der Waals surface area contributed by atoms with Crippen LogP contribution in [0.25, 0.3) is 0 Å². The lowest BCUT2D eigenvalue weighted by atomic mass is 10.0. The Morgan fingerprint density at radius 3 is 2.53 bits per heavy atom. The van der Waals surface area contributed by atoms with Crippen molar-refractivity contribution >= 4 is 5.97 Å². The molecule has 186 valence electrons. The fourth-order valence-corrected chi connectivity index (χ4v) is 3.90. The van der Waals surface area contributed by atoms with Crippen molar-refractivity contribution in [2.45, 2.75) is 58.3 Å². The van der Waals surface area contributed by atoms with E-state index in [9.17, 15) is 22.8 Å². The molecule has 0 saturated carbocycles. The van der Waals surface area contributed by atoms with Crippen LogP contribution < -0.4 is 11.1 Å². The lowest BCUT2D eigenvalue weighted by Crippen LogP contribution is -2.53. The van der Waals surface area contributed by atoms with E-state index in [1.54, 1.807) is 6.20 Å². The number of carboxylic acid groups (broad SMARTS) is 1. The van der Waals surface area contributed by atoms with E-state index in [4.69, 9.17) is 14.6 Å². The Balaban J connectivity index is 0.000000406. The van der Waals surface area contributed by atoms with E-state index >= 15 is 0 Å². The number of ether oxygens (including phenoxy) is 1. The van der Waals surface area contributed by atoms with E-state index in [0.29, 0.717) is 25.5 Å². The van der Waals surface area contributed by atoms with E-state index in [1.165, 1.54) is 9.25 Å². The van der Waals surface area contributed by atoms with Crippen LogP contribution >= 0.6 is 0 Å². The molecule has 1 saturated heterocycles. The zero-order chi connectivity index (χ0) is 25.1. The zero-order valence-electron chi connectivity index (χ0n) is 18.8. The lowest BCUT2D eigenvalue weighted by Gasteiger charge is -2.35. The first-order chi connectivity index (χ1) is 15.9. The van der Waals surface area contributed by atoms with Crippen molar-refractivity contribution in [2.75, 3.05) is 13.1 Å². The van der Waals surface area contributed by atoms with Gasteiger partial charge in [0.25, 0.3) is 0 Å². The van der Waals surface area contributed by atoms with Crippen LogP contribution in [0.3, 0.4) is 0 Å². The summed E-state index contributed by atoms with van der Waals surface area (Å²) in [5.74, 6) is -1.98. The molecule has 34 heavy (non-hydrogen) atoms. The number of fused-ring (bicyclic) bond motifs is 1. The normalized spacial score (nSPS) is 20.2. The van der Waals surface area contributed by atoms with Gasteiger partial charge in [-0.05, 0) is 24.5 Å². The number of alkyl halides is 3. The molecule has 2 aliphatic heterocycles. The van der Waals surface area contributed by atoms with Crippen molar-refractivity contribution in [3.63, 3.8) is 0 Å². The van der Waals surface area contributed by atoms with Crippen molar-refractivity contribution in [3.05, 3.63) is 56.6 Å². The second-order valence-electron chi connectivity index (χ2n) is 8.74. The molecule has 4 rings (SSSR count). The summed E-state index contributed by atoms with van der Waals surface area (Å²) >= 11 is 0. The van der Waals surface area contributed by atoms with E-state index in [0.717, 1.165) is 25.2 Å². The van der Waals surface area contributed by atoms with Gasteiger partial charge in [-0.15, -0.1) is 0 Å².